The van der Waals surface area contributed by atoms with Crippen LogP contribution in [0.4, 0.5) is 15.8 Å². The number of nitrogens with zero attached hydrogens (tertiary/aromatic N) is 1. The van der Waals surface area contributed by atoms with E-state index in [4.69, 9.17) is 10.5 Å². The smallest absolute Gasteiger partial charge is 0.260 e. The Bertz CT molecular complexity index is 626. The molecule has 20 heavy (non-hydrogen) atoms. The fraction of sp³-hybridized carbons (Fsp3) is 0.133. The third-order valence-corrected chi connectivity index (χ3v) is 3.01. The minimum atomic E-state index is -0.495. The van der Waals surface area contributed by atoms with Gasteiger partial charge in [-0.15, -0.1) is 0 Å². The van der Waals surface area contributed by atoms with Gasteiger partial charge in [0.15, 0.2) is 0 Å². The molecule has 0 radical (unpaired) electrons. The summed E-state index contributed by atoms with van der Waals surface area (Å²) >= 11 is 0. The van der Waals surface area contributed by atoms with Crippen LogP contribution in [0.15, 0.2) is 42.5 Å². The maximum absolute atomic E-state index is 13.2. The van der Waals surface area contributed by atoms with E-state index in [-0.39, 0.29) is 17.2 Å². The third-order valence-electron chi connectivity index (χ3n) is 3.01. The van der Waals surface area contributed by atoms with Crippen molar-refractivity contribution < 1.29 is 13.9 Å². The molecule has 2 aromatic carbocycles. The number of carbonyl (C=O) groups is 1. The Labute approximate surface area is 116 Å². The number of nitrogens with two attached hydrogens (primary N) is 1. The second-order valence-electron chi connectivity index (χ2n) is 4.29. The van der Waals surface area contributed by atoms with Gasteiger partial charge in [0.2, 0.25) is 0 Å². The molecule has 0 aromatic heterocycles. The van der Waals surface area contributed by atoms with Crippen molar-refractivity contribution in [3.8, 4) is 5.75 Å². The number of methoxy groups -OCH3 is 1. The molecule has 104 valence electrons. The van der Waals surface area contributed by atoms with E-state index >= 15 is 0 Å². The summed E-state index contributed by atoms with van der Waals surface area (Å²) < 4.78 is 18.3. The van der Waals surface area contributed by atoms with Gasteiger partial charge in [-0.3, -0.25) is 4.79 Å². The lowest BCUT2D eigenvalue weighted by Crippen LogP contribution is -2.27. The minimum Gasteiger partial charge on any atom is -0.497 e. The largest absolute Gasteiger partial charge is 0.497 e. The molecule has 0 saturated heterocycles. The second-order valence-corrected chi connectivity index (χ2v) is 4.29. The molecular formula is C15H15FN2O2. The fourth-order valence-corrected chi connectivity index (χ4v) is 1.82. The zero-order valence-electron chi connectivity index (χ0n) is 11.3. The van der Waals surface area contributed by atoms with Crippen molar-refractivity contribution in [3.05, 3.63) is 53.8 Å². The SMILES string of the molecule is COc1ccc(N(C)C(=O)c2cc(F)ccc2N)cc1. The van der Waals surface area contributed by atoms with Gasteiger partial charge >= 0.3 is 0 Å². The highest BCUT2D eigenvalue weighted by atomic mass is 19.1. The van der Waals surface area contributed by atoms with E-state index in [0.29, 0.717) is 11.4 Å². The average molecular weight is 274 g/mol. The summed E-state index contributed by atoms with van der Waals surface area (Å²) in [4.78, 5) is 13.7. The molecule has 0 saturated carbocycles. The summed E-state index contributed by atoms with van der Waals surface area (Å²) in [5.74, 6) is -0.169. The Morgan fingerprint density at radius 3 is 2.45 bits per heavy atom. The molecule has 0 unspecified atom stereocenters. The first kappa shape index (κ1) is 13.9. The van der Waals surface area contributed by atoms with E-state index in [2.05, 4.69) is 0 Å². The number of rotatable bonds is 3. The molecule has 2 rings (SSSR count). The van der Waals surface area contributed by atoms with Gasteiger partial charge in [-0.05, 0) is 42.5 Å². The molecule has 0 heterocycles. The standard InChI is InChI=1S/C15H15FN2O2/c1-18(11-4-6-12(20-2)7-5-11)15(19)13-9-10(16)3-8-14(13)17/h3-9H,17H2,1-2H3. The molecule has 0 fully saturated rings. The molecule has 0 aliphatic carbocycles. The predicted molar refractivity (Wildman–Crippen MR) is 76.5 cm³/mol. The number of halogens is 1. The molecular weight excluding hydrogens is 259 g/mol. The monoisotopic (exact) mass is 274 g/mol. The van der Waals surface area contributed by atoms with Crippen LogP contribution in [0.2, 0.25) is 0 Å². The van der Waals surface area contributed by atoms with E-state index in [0.717, 1.165) is 6.07 Å². The predicted octanol–water partition coefficient (Wildman–Crippen LogP) is 2.69. The van der Waals surface area contributed by atoms with Crippen molar-refractivity contribution >= 4 is 17.3 Å². The number of nitrogen functional groups attached to an aromatic ring is 1. The molecule has 5 heteroatoms. The van der Waals surface area contributed by atoms with Crippen molar-refractivity contribution in [2.24, 2.45) is 0 Å². The van der Waals surface area contributed by atoms with E-state index in [1.54, 1.807) is 38.4 Å². The van der Waals surface area contributed by atoms with E-state index in [1.807, 2.05) is 0 Å². The lowest BCUT2D eigenvalue weighted by atomic mass is 10.1. The van der Waals surface area contributed by atoms with Crippen molar-refractivity contribution in [1.29, 1.82) is 0 Å². The van der Waals surface area contributed by atoms with Crippen molar-refractivity contribution in [2.45, 2.75) is 0 Å². The molecule has 0 bridgehead atoms. The highest BCUT2D eigenvalue weighted by Gasteiger charge is 2.17. The fourth-order valence-electron chi connectivity index (χ4n) is 1.82. The van der Waals surface area contributed by atoms with Gasteiger partial charge in [-0.1, -0.05) is 0 Å². The third kappa shape index (κ3) is 2.71. The summed E-state index contributed by atoms with van der Waals surface area (Å²) in [6.45, 7) is 0. The van der Waals surface area contributed by atoms with Crippen molar-refractivity contribution in [2.75, 3.05) is 24.8 Å². The molecule has 2 aromatic rings. The first-order chi connectivity index (χ1) is 9.52. The second kappa shape index (κ2) is 5.61. The number of hydrogen-bond acceptors (Lipinski definition) is 3. The number of carbonyl (C=O) groups excluding carboxylic acids is 1. The van der Waals surface area contributed by atoms with E-state index in [1.165, 1.54) is 17.0 Å². The molecule has 0 aliphatic heterocycles. The van der Waals surface area contributed by atoms with Crippen LogP contribution in [0.5, 0.6) is 5.75 Å². The van der Waals surface area contributed by atoms with Gasteiger partial charge in [0, 0.05) is 18.4 Å². The average Bonchev–Trinajstić information content (AvgIpc) is 2.48. The van der Waals surface area contributed by atoms with Crippen LogP contribution < -0.4 is 15.4 Å². The first-order valence-corrected chi connectivity index (χ1v) is 6.00. The molecule has 0 aliphatic rings. The van der Waals surface area contributed by atoms with Gasteiger partial charge in [0.25, 0.3) is 5.91 Å². The Balaban J connectivity index is 2.29. The molecule has 0 spiro atoms. The Hall–Kier alpha value is -2.56. The van der Waals surface area contributed by atoms with Crippen LogP contribution in [-0.4, -0.2) is 20.1 Å². The van der Waals surface area contributed by atoms with E-state index < -0.39 is 5.82 Å². The van der Waals surface area contributed by atoms with Crippen LogP contribution in [0, 0.1) is 5.82 Å². The van der Waals surface area contributed by atoms with Gasteiger partial charge in [0.05, 0.1) is 12.7 Å². The quantitative estimate of drug-likeness (QED) is 0.875. The van der Waals surface area contributed by atoms with Gasteiger partial charge in [-0.25, -0.2) is 4.39 Å². The number of benzene rings is 2. The minimum absolute atomic E-state index is 0.142. The van der Waals surface area contributed by atoms with Crippen molar-refractivity contribution in [3.63, 3.8) is 0 Å². The van der Waals surface area contributed by atoms with Gasteiger partial charge < -0.3 is 15.4 Å². The van der Waals surface area contributed by atoms with Crippen molar-refractivity contribution in [1.82, 2.24) is 0 Å². The molecule has 1 amide bonds. The zero-order chi connectivity index (χ0) is 14.7. The van der Waals surface area contributed by atoms with Gasteiger partial charge in [0.1, 0.15) is 11.6 Å². The Morgan fingerprint density at radius 2 is 1.85 bits per heavy atom. The number of amides is 1. The summed E-state index contributed by atoms with van der Waals surface area (Å²) in [6.07, 6.45) is 0. The maximum Gasteiger partial charge on any atom is 0.260 e. The molecule has 2 N–H and O–H groups in total. The highest BCUT2D eigenvalue weighted by molar-refractivity contribution is 6.09. The summed E-state index contributed by atoms with van der Waals surface area (Å²) in [5, 5.41) is 0. The lowest BCUT2D eigenvalue weighted by Gasteiger charge is -2.18. The van der Waals surface area contributed by atoms with Crippen LogP contribution >= 0.6 is 0 Å². The highest BCUT2D eigenvalue weighted by Crippen LogP contribution is 2.22. The normalized spacial score (nSPS) is 10.2. The zero-order valence-corrected chi connectivity index (χ0v) is 11.3. The van der Waals surface area contributed by atoms with Crippen LogP contribution in [-0.2, 0) is 0 Å². The number of hydrogen-bond donors (Lipinski definition) is 1. The number of anilines is 2. The molecule has 0 atom stereocenters. The first-order valence-electron chi connectivity index (χ1n) is 6.00. The number of ether oxygens (including phenoxy) is 1. The summed E-state index contributed by atoms with van der Waals surface area (Å²) in [5.41, 5.74) is 6.77. The maximum atomic E-state index is 13.2. The van der Waals surface area contributed by atoms with Gasteiger partial charge in [-0.2, -0.15) is 0 Å². The Morgan fingerprint density at radius 1 is 1.20 bits per heavy atom. The molecule has 4 nitrogen and oxygen atoms in total. The summed E-state index contributed by atoms with van der Waals surface area (Å²) in [6, 6.07) is 10.7. The van der Waals surface area contributed by atoms with Crippen LogP contribution in [0.3, 0.4) is 0 Å². The lowest BCUT2D eigenvalue weighted by molar-refractivity contribution is 0.0993. The summed E-state index contributed by atoms with van der Waals surface area (Å²) in [7, 11) is 3.17. The topological polar surface area (TPSA) is 55.6 Å². The van der Waals surface area contributed by atoms with Crippen LogP contribution in [0.25, 0.3) is 0 Å². The van der Waals surface area contributed by atoms with Crippen LogP contribution in [0.1, 0.15) is 10.4 Å². The Kier molecular flexibility index (Phi) is 3.89. The van der Waals surface area contributed by atoms with E-state index in [9.17, 15) is 9.18 Å².